The number of benzene rings is 2. The predicted molar refractivity (Wildman–Crippen MR) is 133 cm³/mol. The molecule has 0 amide bonds. The Balaban J connectivity index is 1.38. The lowest BCUT2D eigenvalue weighted by molar-refractivity contribution is 0.479. The average molecular weight is 473 g/mol. The van der Waals surface area contributed by atoms with E-state index in [1.165, 1.54) is 22.9 Å². The average Bonchev–Trinajstić information content (AvgIpc) is 3.48. The lowest BCUT2D eigenvalue weighted by atomic mass is 10.1. The van der Waals surface area contributed by atoms with Crippen LogP contribution in [0.15, 0.2) is 75.2 Å². The van der Waals surface area contributed by atoms with Crippen LogP contribution in [0.1, 0.15) is 28.5 Å². The molecule has 9 heteroatoms. The normalized spacial score (nSPS) is 11.2. The summed E-state index contributed by atoms with van der Waals surface area (Å²) in [7, 11) is 0. The first kappa shape index (κ1) is 22.0. The van der Waals surface area contributed by atoms with Gasteiger partial charge in [-0.05, 0) is 49.7 Å². The molecule has 0 saturated heterocycles. The van der Waals surface area contributed by atoms with Crippen molar-refractivity contribution in [3.8, 4) is 0 Å². The molecule has 0 saturated carbocycles. The van der Waals surface area contributed by atoms with Crippen molar-refractivity contribution in [2.24, 2.45) is 0 Å². The number of thioether (sulfide) groups is 1. The maximum Gasteiger partial charge on any atom is 0.280 e. The van der Waals surface area contributed by atoms with Crippen LogP contribution in [-0.2, 0) is 18.8 Å². The van der Waals surface area contributed by atoms with Crippen molar-refractivity contribution < 1.29 is 4.42 Å². The van der Waals surface area contributed by atoms with E-state index in [-0.39, 0.29) is 5.56 Å². The minimum absolute atomic E-state index is 0.236. The summed E-state index contributed by atoms with van der Waals surface area (Å²) < 4.78 is 7.60. The molecule has 34 heavy (non-hydrogen) atoms. The van der Waals surface area contributed by atoms with Crippen molar-refractivity contribution in [2.75, 3.05) is 5.32 Å². The van der Waals surface area contributed by atoms with E-state index in [2.05, 4.69) is 57.5 Å². The Morgan fingerprint density at radius 3 is 2.79 bits per heavy atom. The van der Waals surface area contributed by atoms with E-state index >= 15 is 0 Å². The summed E-state index contributed by atoms with van der Waals surface area (Å²) in [6.07, 6.45) is 1.66. The molecule has 5 aromatic rings. The molecule has 0 unspecified atom stereocenters. The third kappa shape index (κ3) is 4.74. The summed E-state index contributed by atoms with van der Waals surface area (Å²) in [6, 6.07) is 17.5. The van der Waals surface area contributed by atoms with Crippen LogP contribution in [0.25, 0.3) is 10.9 Å². The summed E-state index contributed by atoms with van der Waals surface area (Å²) in [6.45, 7) is 5.19. The topological polar surface area (TPSA) is 102 Å². The van der Waals surface area contributed by atoms with E-state index in [0.717, 1.165) is 27.9 Å². The largest absolute Gasteiger partial charge is 0.467 e. The van der Waals surface area contributed by atoms with Crippen molar-refractivity contribution in [1.29, 1.82) is 0 Å². The molecule has 0 radical (unpaired) electrons. The fraction of sp³-hybridized carbons (Fsp3) is 0.200. The molecule has 0 aliphatic heterocycles. The number of nitrogens with zero attached hydrogens (tertiary/aromatic N) is 4. The van der Waals surface area contributed by atoms with Crippen LogP contribution in [0.4, 0.5) is 5.69 Å². The summed E-state index contributed by atoms with van der Waals surface area (Å²) in [5, 5.41) is 13.6. The smallest absolute Gasteiger partial charge is 0.280 e. The van der Waals surface area contributed by atoms with Gasteiger partial charge in [-0.1, -0.05) is 41.6 Å². The molecule has 0 aliphatic carbocycles. The van der Waals surface area contributed by atoms with Gasteiger partial charge >= 0.3 is 0 Å². The van der Waals surface area contributed by atoms with Crippen LogP contribution < -0.4 is 10.9 Å². The van der Waals surface area contributed by atoms with Gasteiger partial charge in [-0.25, -0.2) is 0 Å². The lowest BCUT2D eigenvalue weighted by Gasteiger charge is -2.12. The van der Waals surface area contributed by atoms with Crippen molar-refractivity contribution in [3.05, 3.63) is 99.8 Å². The zero-order valence-electron chi connectivity index (χ0n) is 18.9. The molecule has 0 bridgehead atoms. The maximum atomic E-state index is 12.4. The number of hydrogen-bond acceptors (Lipinski definition) is 7. The second-order valence-electron chi connectivity index (χ2n) is 8.06. The Hall–Kier alpha value is -3.85. The zero-order chi connectivity index (χ0) is 23.5. The number of furan rings is 1. The van der Waals surface area contributed by atoms with Gasteiger partial charge in [0, 0.05) is 5.69 Å². The summed E-state index contributed by atoms with van der Waals surface area (Å²) in [4.78, 5) is 19.8. The first-order valence-electron chi connectivity index (χ1n) is 10.9. The van der Waals surface area contributed by atoms with E-state index in [0.29, 0.717) is 30.1 Å². The van der Waals surface area contributed by atoms with E-state index < -0.39 is 0 Å². The molecule has 2 N–H and O–H groups in total. The number of hydrogen-bond donors (Lipinski definition) is 2. The van der Waals surface area contributed by atoms with Gasteiger partial charge in [0.1, 0.15) is 11.6 Å². The van der Waals surface area contributed by atoms with Gasteiger partial charge in [-0.2, -0.15) is 4.98 Å². The molecule has 0 atom stereocenters. The molecule has 3 heterocycles. The van der Waals surface area contributed by atoms with Crippen LogP contribution in [0.2, 0.25) is 0 Å². The van der Waals surface area contributed by atoms with Gasteiger partial charge in [0.05, 0.1) is 36.0 Å². The monoisotopic (exact) mass is 472 g/mol. The first-order chi connectivity index (χ1) is 16.6. The van der Waals surface area contributed by atoms with Gasteiger partial charge in [0.15, 0.2) is 11.0 Å². The van der Waals surface area contributed by atoms with Crippen molar-refractivity contribution in [1.82, 2.24) is 24.7 Å². The van der Waals surface area contributed by atoms with Gasteiger partial charge in [-0.3, -0.25) is 9.36 Å². The number of rotatable bonds is 8. The molecule has 172 valence electrons. The van der Waals surface area contributed by atoms with E-state index in [1.54, 1.807) is 12.3 Å². The molecular formula is C25H24N6O2S. The maximum absolute atomic E-state index is 12.4. The Morgan fingerprint density at radius 1 is 1.09 bits per heavy atom. The Bertz CT molecular complexity index is 1490. The molecule has 0 fully saturated rings. The van der Waals surface area contributed by atoms with Crippen LogP contribution in [0, 0.1) is 13.8 Å². The van der Waals surface area contributed by atoms with Crippen molar-refractivity contribution >= 4 is 28.4 Å². The number of fused-ring (bicyclic) bond motifs is 1. The predicted octanol–water partition coefficient (Wildman–Crippen LogP) is 4.68. The highest BCUT2D eigenvalue weighted by Gasteiger charge is 2.16. The number of nitrogens with one attached hydrogen (secondary N) is 2. The van der Waals surface area contributed by atoms with Gasteiger partial charge in [-0.15, -0.1) is 10.2 Å². The number of aryl methyl sites for hydroxylation is 2. The molecule has 2 aromatic carbocycles. The Labute approximate surface area is 200 Å². The second kappa shape index (κ2) is 9.56. The fourth-order valence-electron chi connectivity index (χ4n) is 3.81. The Kier molecular flexibility index (Phi) is 6.18. The number of anilines is 1. The number of para-hydroxylation sites is 1. The standard InChI is InChI=1S/C25H24N6O2S/c1-16-9-10-20(17(2)12-16)26-13-23-29-30-25(31(23)14-18-6-5-11-33-18)34-15-22-27-21-8-4-3-7-19(21)24(32)28-22/h3-12,26H,13-15H2,1-2H3,(H,27,28,32). The summed E-state index contributed by atoms with van der Waals surface area (Å²) in [5.41, 5.74) is 4.00. The minimum Gasteiger partial charge on any atom is -0.467 e. The lowest BCUT2D eigenvalue weighted by Crippen LogP contribution is -2.12. The number of aromatic amines is 1. The third-order valence-corrected chi connectivity index (χ3v) is 6.50. The fourth-order valence-corrected chi connectivity index (χ4v) is 4.63. The molecule has 0 aliphatic rings. The molecule has 5 rings (SSSR count). The van der Waals surface area contributed by atoms with Crippen LogP contribution in [-0.4, -0.2) is 24.7 Å². The third-order valence-electron chi connectivity index (χ3n) is 5.52. The Morgan fingerprint density at radius 2 is 1.97 bits per heavy atom. The second-order valence-corrected chi connectivity index (χ2v) is 9.00. The van der Waals surface area contributed by atoms with Gasteiger partial charge in [0.25, 0.3) is 5.56 Å². The number of aromatic nitrogens is 5. The van der Waals surface area contributed by atoms with Gasteiger partial charge < -0.3 is 14.7 Å². The van der Waals surface area contributed by atoms with Crippen LogP contribution in [0.3, 0.4) is 0 Å². The molecule has 0 spiro atoms. The zero-order valence-corrected chi connectivity index (χ0v) is 19.7. The first-order valence-corrected chi connectivity index (χ1v) is 11.9. The number of H-pyrrole nitrogens is 1. The minimum atomic E-state index is -0.236. The van der Waals surface area contributed by atoms with Crippen LogP contribution in [0.5, 0.6) is 0 Å². The van der Waals surface area contributed by atoms with Crippen molar-refractivity contribution in [2.45, 2.75) is 37.8 Å². The molecule has 8 nitrogen and oxygen atoms in total. The molecule has 3 aromatic heterocycles. The van der Waals surface area contributed by atoms with Crippen molar-refractivity contribution in [3.63, 3.8) is 0 Å². The quantitative estimate of drug-likeness (QED) is 0.316. The van der Waals surface area contributed by atoms with Crippen LogP contribution >= 0.6 is 11.8 Å². The van der Waals surface area contributed by atoms with E-state index in [1.807, 2.05) is 34.9 Å². The highest BCUT2D eigenvalue weighted by atomic mass is 32.2. The van der Waals surface area contributed by atoms with E-state index in [4.69, 9.17) is 4.42 Å². The summed E-state index contributed by atoms with van der Waals surface area (Å²) >= 11 is 1.47. The highest BCUT2D eigenvalue weighted by Crippen LogP contribution is 2.23. The highest BCUT2D eigenvalue weighted by molar-refractivity contribution is 7.98. The van der Waals surface area contributed by atoms with Gasteiger partial charge in [0.2, 0.25) is 0 Å². The SMILES string of the molecule is Cc1ccc(NCc2nnc(SCc3nc(=O)c4ccccc4[nH]3)n2Cc2ccco2)c(C)c1. The van der Waals surface area contributed by atoms with E-state index in [9.17, 15) is 4.79 Å². The summed E-state index contributed by atoms with van der Waals surface area (Å²) in [5.74, 6) is 2.66. The molecular weight excluding hydrogens is 448 g/mol.